The largest absolute Gasteiger partial charge is 0.352 e. The standard InChI is InChI=1S/C30H35BrN2O2/c1-4-23(3)32-30(35)28(20-25-9-6-5-7-10-25)33(21-26-11-8-12-27(31)19-26)29(34)18-17-24-15-13-22(2)14-16-24/h5-16,19,23,28H,4,17-18,20-21H2,1-3H3,(H,32,35). The lowest BCUT2D eigenvalue weighted by Gasteiger charge is -2.32. The fourth-order valence-corrected chi connectivity index (χ4v) is 4.42. The summed E-state index contributed by atoms with van der Waals surface area (Å²) in [5.41, 5.74) is 4.33. The van der Waals surface area contributed by atoms with E-state index in [0.717, 1.165) is 27.6 Å². The van der Waals surface area contributed by atoms with Crippen LogP contribution >= 0.6 is 15.9 Å². The van der Waals surface area contributed by atoms with E-state index in [-0.39, 0.29) is 17.9 Å². The molecule has 0 aromatic heterocycles. The number of aryl methyl sites for hydroxylation is 2. The van der Waals surface area contributed by atoms with Gasteiger partial charge in [0.05, 0.1) is 0 Å². The van der Waals surface area contributed by atoms with Gasteiger partial charge in [0.1, 0.15) is 6.04 Å². The Morgan fingerprint density at radius 1 is 0.914 bits per heavy atom. The summed E-state index contributed by atoms with van der Waals surface area (Å²) >= 11 is 3.54. The molecule has 0 spiro atoms. The monoisotopic (exact) mass is 534 g/mol. The summed E-state index contributed by atoms with van der Waals surface area (Å²) in [5, 5.41) is 3.12. The van der Waals surface area contributed by atoms with Crippen molar-refractivity contribution in [3.05, 3.63) is 106 Å². The Kier molecular flexibility index (Phi) is 10.1. The van der Waals surface area contributed by atoms with Crippen molar-refractivity contribution in [2.75, 3.05) is 0 Å². The van der Waals surface area contributed by atoms with Crippen LogP contribution in [0.3, 0.4) is 0 Å². The maximum atomic E-state index is 13.7. The number of hydrogen-bond acceptors (Lipinski definition) is 2. The van der Waals surface area contributed by atoms with E-state index in [1.165, 1.54) is 5.56 Å². The summed E-state index contributed by atoms with van der Waals surface area (Å²) in [6, 6.07) is 25.6. The molecule has 0 bridgehead atoms. The number of hydrogen-bond donors (Lipinski definition) is 1. The third kappa shape index (κ3) is 8.36. The Morgan fingerprint density at radius 3 is 2.26 bits per heavy atom. The number of halogens is 1. The van der Waals surface area contributed by atoms with Crippen molar-refractivity contribution in [2.45, 2.75) is 65.1 Å². The molecule has 0 saturated heterocycles. The highest BCUT2D eigenvalue weighted by Crippen LogP contribution is 2.19. The maximum Gasteiger partial charge on any atom is 0.243 e. The molecule has 0 saturated carbocycles. The van der Waals surface area contributed by atoms with E-state index < -0.39 is 6.04 Å². The van der Waals surface area contributed by atoms with Gasteiger partial charge in [0, 0.05) is 29.9 Å². The summed E-state index contributed by atoms with van der Waals surface area (Å²) in [6.45, 7) is 6.47. The average molecular weight is 536 g/mol. The van der Waals surface area contributed by atoms with Crippen LogP contribution in [0, 0.1) is 6.92 Å². The lowest BCUT2D eigenvalue weighted by atomic mass is 10.0. The molecule has 0 heterocycles. The van der Waals surface area contributed by atoms with E-state index >= 15 is 0 Å². The molecule has 0 aliphatic rings. The van der Waals surface area contributed by atoms with Gasteiger partial charge in [0.25, 0.3) is 0 Å². The summed E-state index contributed by atoms with van der Waals surface area (Å²) in [6.07, 6.45) is 2.28. The van der Waals surface area contributed by atoms with Gasteiger partial charge >= 0.3 is 0 Å². The van der Waals surface area contributed by atoms with Crippen molar-refractivity contribution >= 4 is 27.7 Å². The van der Waals surface area contributed by atoms with Crippen molar-refractivity contribution in [1.82, 2.24) is 10.2 Å². The molecule has 2 amide bonds. The van der Waals surface area contributed by atoms with E-state index in [1.807, 2.05) is 68.4 Å². The number of carbonyl (C=O) groups excluding carboxylic acids is 2. The number of amides is 2. The minimum atomic E-state index is -0.601. The van der Waals surface area contributed by atoms with Crippen molar-refractivity contribution in [3.63, 3.8) is 0 Å². The van der Waals surface area contributed by atoms with Crippen molar-refractivity contribution in [3.8, 4) is 0 Å². The van der Waals surface area contributed by atoms with Gasteiger partial charge in [0.15, 0.2) is 0 Å². The van der Waals surface area contributed by atoms with Crippen LogP contribution in [0.1, 0.15) is 48.9 Å². The zero-order valence-electron chi connectivity index (χ0n) is 20.8. The molecule has 184 valence electrons. The molecule has 0 aliphatic carbocycles. The fraction of sp³-hybridized carbons (Fsp3) is 0.333. The molecule has 5 heteroatoms. The number of nitrogens with zero attached hydrogens (tertiary/aromatic N) is 1. The van der Waals surface area contributed by atoms with E-state index in [2.05, 4.69) is 52.4 Å². The summed E-state index contributed by atoms with van der Waals surface area (Å²) in [4.78, 5) is 29.0. The Morgan fingerprint density at radius 2 is 1.60 bits per heavy atom. The molecule has 4 nitrogen and oxygen atoms in total. The molecule has 2 unspecified atom stereocenters. The zero-order valence-corrected chi connectivity index (χ0v) is 22.4. The quantitative estimate of drug-likeness (QED) is 0.316. The summed E-state index contributed by atoms with van der Waals surface area (Å²) in [5.74, 6) is -0.132. The Balaban J connectivity index is 1.90. The van der Waals surface area contributed by atoms with Crippen LogP contribution in [-0.4, -0.2) is 28.8 Å². The third-order valence-corrected chi connectivity index (χ3v) is 6.76. The van der Waals surface area contributed by atoms with E-state index in [0.29, 0.717) is 25.8 Å². The van der Waals surface area contributed by atoms with Gasteiger partial charge in [-0.3, -0.25) is 9.59 Å². The van der Waals surface area contributed by atoms with Gasteiger partial charge in [-0.05, 0) is 55.5 Å². The highest BCUT2D eigenvalue weighted by molar-refractivity contribution is 9.10. The van der Waals surface area contributed by atoms with E-state index in [4.69, 9.17) is 0 Å². The first-order chi connectivity index (χ1) is 16.9. The second-order valence-electron chi connectivity index (χ2n) is 9.16. The molecule has 3 aromatic carbocycles. The van der Waals surface area contributed by atoms with Gasteiger partial charge < -0.3 is 10.2 Å². The van der Waals surface area contributed by atoms with Gasteiger partial charge in [-0.2, -0.15) is 0 Å². The van der Waals surface area contributed by atoms with Gasteiger partial charge in [-0.15, -0.1) is 0 Å². The van der Waals surface area contributed by atoms with Crippen LogP contribution in [0.15, 0.2) is 83.3 Å². The number of benzene rings is 3. The van der Waals surface area contributed by atoms with Gasteiger partial charge in [0.2, 0.25) is 11.8 Å². The first kappa shape index (κ1) is 26.7. The van der Waals surface area contributed by atoms with E-state index in [1.54, 1.807) is 4.90 Å². The Labute approximate surface area is 217 Å². The highest BCUT2D eigenvalue weighted by atomic mass is 79.9. The summed E-state index contributed by atoms with van der Waals surface area (Å²) < 4.78 is 0.950. The SMILES string of the molecule is CCC(C)NC(=O)C(Cc1ccccc1)N(Cc1cccc(Br)c1)C(=O)CCc1ccc(C)cc1. The predicted octanol–water partition coefficient (Wildman–Crippen LogP) is 6.24. The highest BCUT2D eigenvalue weighted by Gasteiger charge is 2.30. The molecule has 3 aromatic rings. The molecular formula is C30H35BrN2O2. The maximum absolute atomic E-state index is 13.7. The van der Waals surface area contributed by atoms with Crippen LogP contribution in [0.25, 0.3) is 0 Å². The van der Waals surface area contributed by atoms with Gasteiger partial charge in [-0.25, -0.2) is 0 Å². The van der Waals surface area contributed by atoms with Crippen molar-refractivity contribution in [2.24, 2.45) is 0 Å². The average Bonchev–Trinajstić information content (AvgIpc) is 2.86. The van der Waals surface area contributed by atoms with Crippen molar-refractivity contribution in [1.29, 1.82) is 0 Å². The lowest BCUT2D eigenvalue weighted by molar-refractivity contribution is -0.141. The second-order valence-corrected chi connectivity index (χ2v) is 10.1. The normalized spacial score (nSPS) is 12.6. The second kappa shape index (κ2) is 13.2. The molecule has 0 radical (unpaired) electrons. The first-order valence-corrected chi connectivity index (χ1v) is 13.1. The van der Waals surface area contributed by atoms with Crippen LogP contribution in [0.4, 0.5) is 0 Å². The zero-order chi connectivity index (χ0) is 25.2. The van der Waals surface area contributed by atoms with Crippen LogP contribution in [-0.2, 0) is 29.0 Å². The Bertz CT molecular complexity index is 1100. The fourth-order valence-electron chi connectivity index (χ4n) is 3.98. The van der Waals surface area contributed by atoms with Crippen LogP contribution in [0.2, 0.25) is 0 Å². The summed E-state index contributed by atoms with van der Waals surface area (Å²) in [7, 11) is 0. The molecule has 1 N–H and O–H groups in total. The number of nitrogens with one attached hydrogen (secondary N) is 1. The number of rotatable bonds is 11. The third-order valence-electron chi connectivity index (χ3n) is 6.26. The molecule has 0 aliphatic heterocycles. The topological polar surface area (TPSA) is 49.4 Å². The minimum absolute atomic E-state index is 0.0224. The van der Waals surface area contributed by atoms with Crippen LogP contribution < -0.4 is 5.32 Å². The number of carbonyl (C=O) groups is 2. The van der Waals surface area contributed by atoms with Crippen molar-refractivity contribution < 1.29 is 9.59 Å². The van der Waals surface area contributed by atoms with Crippen LogP contribution in [0.5, 0.6) is 0 Å². The minimum Gasteiger partial charge on any atom is -0.352 e. The predicted molar refractivity (Wildman–Crippen MR) is 146 cm³/mol. The molecule has 2 atom stereocenters. The smallest absolute Gasteiger partial charge is 0.243 e. The molecular weight excluding hydrogens is 500 g/mol. The Hall–Kier alpha value is -2.92. The lowest BCUT2D eigenvalue weighted by Crippen LogP contribution is -2.52. The first-order valence-electron chi connectivity index (χ1n) is 12.3. The molecule has 0 fully saturated rings. The molecule has 3 rings (SSSR count). The van der Waals surface area contributed by atoms with Gasteiger partial charge in [-0.1, -0.05) is 95.1 Å². The van der Waals surface area contributed by atoms with E-state index in [9.17, 15) is 9.59 Å². The molecule has 35 heavy (non-hydrogen) atoms.